The Labute approximate surface area is 157 Å². The third-order valence-electron chi connectivity index (χ3n) is 4.34. The van der Waals surface area contributed by atoms with E-state index in [0.29, 0.717) is 12.5 Å². The van der Waals surface area contributed by atoms with E-state index in [1.165, 1.54) is 5.56 Å². The minimum absolute atomic E-state index is 0.250. The van der Waals surface area contributed by atoms with Crippen LogP contribution >= 0.6 is 0 Å². The Balaban J connectivity index is 0.000000659. The van der Waals surface area contributed by atoms with Crippen LogP contribution < -0.4 is 9.47 Å². The van der Waals surface area contributed by atoms with Crippen LogP contribution in [0.2, 0.25) is 0 Å². The predicted octanol–water partition coefficient (Wildman–Crippen LogP) is 2.91. The molecule has 1 aromatic carbocycles. The molecule has 1 N–H and O–H groups in total. The molecule has 0 aliphatic carbocycles. The molecule has 0 saturated heterocycles. The second-order valence-corrected chi connectivity index (χ2v) is 6.08. The van der Waals surface area contributed by atoms with Gasteiger partial charge >= 0.3 is 0 Å². The molecule has 7 heteroatoms. The van der Waals surface area contributed by atoms with Crippen molar-refractivity contribution in [3.63, 3.8) is 0 Å². The Morgan fingerprint density at radius 1 is 1.33 bits per heavy atom. The van der Waals surface area contributed by atoms with Gasteiger partial charge in [0.2, 0.25) is 0 Å². The highest BCUT2D eigenvalue weighted by Gasteiger charge is 2.23. The zero-order chi connectivity index (χ0) is 19.1. The minimum Gasteiger partial charge on any atom is -0.493 e. The van der Waals surface area contributed by atoms with E-state index in [-0.39, 0.29) is 6.47 Å². The van der Waals surface area contributed by atoms with Gasteiger partial charge in [0.05, 0.1) is 13.7 Å². The number of carbonyl (C=O) groups is 1. The number of aromatic nitrogens is 3. The Bertz CT molecular complexity index is 880. The molecular formula is C20H21N3O4. The molecule has 3 aromatic rings. The lowest BCUT2D eigenvalue weighted by Crippen LogP contribution is -2.25. The molecule has 0 bridgehead atoms. The summed E-state index contributed by atoms with van der Waals surface area (Å²) in [5, 5.41) is 6.89. The third kappa shape index (κ3) is 4.25. The molecule has 1 aliphatic rings. The number of para-hydroxylation sites is 1. The molecule has 1 atom stereocenters. The molecule has 1 unspecified atom stereocenters. The average Bonchev–Trinajstić information content (AvgIpc) is 3.16. The van der Waals surface area contributed by atoms with E-state index >= 15 is 0 Å². The van der Waals surface area contributed by atoms with Crippen molar-refractivity contribution >= 4 is 6.47 Å². The highest BCUT2D eigenvalue weighted by molar-refractivity contribution is 5.53. The standard InChI is InChI=1S/C19H19N3O2.CH2O2/c1-23-17-6-2-4-15-10-14(13-24-18(15)17)12-22-9-8-21-19(22)16-5-3-7-20-11-16;2-1-3/h2-9,11,14H,10,12-13H2,1H3;1H,(H,2,3). The van der Waals surface area contributed by atoms with Gasteiger partial charge in [-0.05, 0) is 30.2 Å². The highest BCUT2D eigenvalue weighted by Crippen LogP contribution is 2.36. The summed E-state index contributed by atoms with van der Waals surface area (Å²) >= 11 is 0. The lowest BCUT2D eigenvalue weighted by Gasteiger charge is -2.27. The predicted molar refractivity (Wildman–Crippen MR) is 99.8 cm³/mol. The monoisotopic (exact) mass is 367 g/mol. The molecule has 0 radical (unpaired) electrons. The van der Waals surface area contributed by atoms with Crippen LogP contribution in [0.15, 0.2) is 55.1 Å². The summed E-state index contributed by atoms with van der Waals surface area (Å²) in [5.74, 6) is 3.03. The molecule has 0 amide bonds. The fourth-order valence-corrected chi connectivity index (χ4v) is 3.23. The molecule has 0 spiro atoms. The van der Waals surface area contributed by atoms with E-state index in [9.17, 15) is 0 Å². The molecule has 0 fully saturated rings. The fraction of sp³-hybridized carbons (Fsp3) is 0.250. The van der Waals surface area contributed by atoms with Gasteiger partial charge in [-0.3, -0.25) is 9.78 Å². The Morgan fingerprint density at radius 2 is 2.19 bits per heavy atom. The van der Waals surface area contributed by atoms with Crippen LogP contribution in [0.5, 0.6) is 11.5 Å². The molecule has 0 saturated carbocycles. The van der Waals surface area contributed by atoms with Gasteiger partial charge in [-0.25, -0.2) is 4.98 Å². The van der Waals surface area contributed by atoms with E-state index in [1.807, 2.05) is 42.9 Å². The second-order valence-electron chi connectivity index (χ2n) is 6.08. The number of fused-ring (bicyclic) bond motifs is 1. The van der Waals surface area contributed by atoms with Gasteiger partial charge in [-0.2, -0.15) is 0 Å². The molecule has 27 heavy (non-hydrogen) atoms. The number of benzene rings is 1. The van der Waals surface area contributed by atoms with E-state index in [4.69, 9.17) is 19.4 Å². The highest BCUT2D eigenvalue weighted by atomic mass is 16.5. The Kier molecular flexibility index (Phi) is 6.04. The summed E-state index contributed by atoms with van der Waals surface area (Å²) in [6.07, 6.45) is 8.44. The number of hydrogen-bond donors (Lipinski definition) is 1. The van der Waals surface area contributed by atoms with Gasteiger partial charge in [0.25, 0.3) is 6.47 Å². The maximum Gasteiger partial charge on any atom is 0.290 e. The molecule has 2 aromatic heterocycles. The summed E-state index contributed by atoms with van der Waals surface area (Å²) < 4.78 is 13.5. The van der Waals surface area contributed by atoms with E-state index in [0.717, 1.165) is 35.9 Å². The first-order valence-corrected chi connectivity index (χ1v) is 8.54. The normalized spacial score (nSPS) is 14.9. The third-order valence-corrected chi connectivity index (χ3v) is 4.34. The second kappa shape index (κ2) is 8.84. The number of methoxy groups -OCH3 is 1. The van der Waals surface area contributed by atoms with Crippen molar-refractivity contribution in [1.29, 1.82) is 0 Å². The van der Waals surface area contributed by atoms with Crippen LogP contribution in [0.3, 0.4) is 0 Å². The van der Waals surface area contributed by atoms with Gasteiger partial charge in [0.1, 0.15) is 5.82 Å². The summed E-state index contributed by atoms with van der Waals surface area (Å²) in [4.78, 5) is 17.0. The molecular weight excluding hydrogens is 346 g/mol. The van der Waals surface area contributed by atoms with Crippen LogP contribution in [-0.2, 0) is 17.8 Å². The number of hydrogen-bond acceptors (Lipinski definition) is 5. The fourth-order valence-electron chi connectivity index (χ4n) is 3.23. The smallest absolute Gasteiger partial charge is 0.290 e. The first kappa shape index (κ1) is 18.4. The zero-order valence-electron chi connectivity index (χ0n) is 15.0. The van der Waals surface area contributed by atoms with E-state index in [2.05, 4.69) is 20.6 Å². The van der Waals surface area contributed by atoms with Gasteiger partial charge in [0.15, 0.2) is 11.5 Å². The van der Waals surface area contributed by atoms with Crippen molar-refractivity contribution < 1.29 is 19.4 Å². The van der Waals surface area contributed by atoms with Crippen molar-refractivity contribution in [3.8, 4) is 22.9 Å². The Hall–Kier alpha value is -3.35. The van der Waals surface area contributed by atoms with E-state index in [1.54, 1.807) is 13.3 Å². The van der Waals surface area contributed by atoms with Crippen LogP contribution in [0, 0.1) is 5.92 Å². The average molecular weight is 367 g/mol. The number of carboxylic acid groups (broad SMARTS) is 1. The molecule has 4 rings (SSSR count). The number of pyridine rings is 1. The molecule has 7 nitrogen and oxygen atoms in total. The lowest BCUT2D eigenvalue weighted by atomic mass is 9.96. The van der Waals surface area contributed by atoms with Gasteiger partial charge in [-0.15, -0.1) is 0 Å². The van der Waals surface area contributed by atoms with Crippen molar-refractivity contribution in [2.24, 2.45) is 5.92 Å². The van der Waals surface area contributed by atoms with Gasteiger partial charge < -0.3 is 19.1 Å². The summed E-state index contributed by atoms with van der Waals surface area (Å²) in [7, 11) is 1.68. The van der Waals surface area contributed by atoms with Crippen molar-refractivity contribution in [3.05, 3.63) is 60.7 Å². The van der Waals surface area contributed by atoms with Crippen molar-refractivity contribution in [1.82, 2.24) is 14.5 Å². The van der Waals surface area contributed by atoms with Crippen molar-refractivity contribution in [2.45, 2.75) is 13.0 Å². The van der Waals surface area contributed by atoms with Crippen LogP contribution in [0.4, 0.5) is 0 Å². The van der Waals surface area contributed by atoms with Crippen LogP contribution in [0.25, 0.3) is 11.4 Å². The molecule has 3 heterocycles. The number of imidazole rings is 1. The number of ether oxygens (including phenoxy) is 2. The largest absolute Gasteiger partial charge is 0.493 e. The van der Waals surface area contributed by atoms with Crippen molar-refractivity contribution in [2.75, 3.05) is 13.7 Å². The van der Waals surface area contributed by atoms with Gasteiger partial charge in [0, 0.05) is 42.8 Å². The quantitative estimate of drug-likeness (QED) is 0.714. The van der Waals surface area contributed by atoms with Gasteiger partial charge in [-0.1, -0.05) is 12.1 Å². The number of rotatable bonds is 4. The first-order valence-electron chi connectivity index (χ1n) is 8.54. The topological polar surface area (TPSA) is 86.5 Å². The van der Waals surface area contributed by atoms with Crippen LogP contribution in [-0.4, -0.2) is 39.8 Å². The SMILES string of the molecule is COc1cccc2c1OCC(Cn1ccnc1-c1cccnc1)C2.O=CO. The first-order chi connectivity index (χ1) is 13.3. The summed E-state index contributed by atoms with van der Waals surface area (Å²) in [6, 6.07) is 10.0. The molecule has 1 aliphatic heterocycles. The maximum atomic E-state index is 8.36. The zero-order valence-corrected chi connectivity index (χ0v) is 15.0. The molecule has 140 valence electrons. The summed E-state index contributed by atoms with van der Waals surface area (Å²) in [5.41, 5.74) is 2.23. The number of nitrogens with zero attached hydrogens (tertiary/aromatic N) is 3. The minimum atomic E-state index is -0.250. The van der Waals surface area contributed by atoms with E-state index < -0.39 is 0 Å². The maximum absolute atomic E-state index is 8.36. The van der Waals surface area contributed by atoms with Crippen LogP contribution in [0.1, 0.15) is 5.56 Å². The Morgan fingerprint density at radius 3 is 2.93 bits per heavy atom. The lowest BCUT2D eigenvalue weighted by molar-refractivity contribution is -0.122. The summed E-state index contributed by atoms with van der Waals surface area (Å²) in [6.45, 7) is 1.29.